The Balaban J connectivity index is 2.21. The Morgan fingerprint density at radius 1 is 1.33 bits per heavy atom. The number of hydrogen-bond acceptors (Lipinski definition) is 4. The quantitative estimate of drug-likeness (QED) is 0.804. The highest BCUT2D eigenvalue weighted by molar-refractivity contribution is 9.09. The monoisotopic (exact) mass is 313 g/mol. The van der Waals surface area contributed by atoms with Crippen molar-refractivity contribution < 1.29 is 4.74 Å². The maximum atomic E-state index is 5.21. The fourth-order valence-electron chi connectivity index (χ4n) is 2.48. The van der Waals surface area contributed by atoms with Gasteiger partial charge in [-0.25, -0.2) is 4.98 Å². The van der Waals surface area contributed by atoms with E-state index in [1.807, 2.05) is 13.0 Å². The molecular formula is C13H20BrN3O. The zero-order chi connectivity index (χ0) is 13.1. The van der Waals surface area contributed by atoms with E-state index in [1.165, 1.54) is 25.7 Å². The van der Waals surface area contributed by atoms with E-state index in [0.29, 0.717) is 16.7 Å². The first-order valence-corrected chi connectivity index (χ1v) is 7.30. The van der Waals surface area contributed by atoms with Gasteiger partial charge in [0.1, 0.15) is 11.6 Å². The first-order valence-electron chi connectivity index (χ1n) is 6.38. The summed E-state index contributed by atoms with van der Waals surface area (Å²) < 4.78 is 5.21. The Bertz CT molecular complexity index is 413. The number of hydrogen-bond donors (Lipinski definition) is 0. The molecule has 2 unspecified atom stereocenters. The molecule has 1 fully saturated rings. The van der Waals surface area contributed by atoms with E-state index in [0.717, 1.165) is 11.6 Å². The molecule has 0 spiro atoms. The smallest absolute Gasteiger partial charge is 0.218 e. The molecule has 1 aromatic rings. The first-order chi connectivity index (χ1) is 8.61. The van der Waals surface area contributed by atoms with Gasteiger partial charge in [-0.15, -0.1) is 0 Å². The van der Waals surface area contributed by atoms with Gasteiger partial charge in [0, 0.05) is 24.0 Å². The standard InChI is InChI=1S/C13H20BrN3O/c1-9-15-12(8-13(16-9)18-3)17(2)11-7-5-4-6-10(11)14/h8,10-11H,4-7H2,1-3H3. The van der Waals surface area contributed by atoms with E-state index >= 15 is 0 Å². The lowest BCUT2D eigenvalue weighted by Gasteiger charge is -2.36. The number of halogens is 1. The molecule has 1 heterocycles. The summed E-state index contributed by atoms with van der Waals surface area (Å²) in [6, 6.07) is 2.40. The summed E-state index contributed by atoms with van der Waals surface area (Å²) in [6.45, 7) is 1.90. The van der Waals surface area contributed by atoms with Crippen LogP contribution in [0.2, 0.25) is 0 Å². The average molecular weight is 314 g/mol. The lowest BCUT2D eigenvalue weighted by atomic mass is 9.94. The van der Waals surface area contributed by atoms with E-state index in [4.69, 9.17) is 4.74 Å². The van der Waals surface area contributed by atoms with Crippen LogP contribution in [0.3, 0.4) is 0 Å². The Labute approximate surface area is 117 Å². The largest absolute Gasteiger partial charge is 0.481 e. The SMILES string of the molecule is COc1cc(N(C)C2CCCCC2Br)nc(C)n1. The van der Waals surface area contributed by atoms with Crippen LogP contribution >= 0.6 is 15.9 Å². The molecular weight excluding hydrogens is 294 g/mol. The Morgan fingerprint density at radius 2 is 2.06 bits per heavy atom. The fourth-order valence-corrected chi connectivity index (χ4v) is 3.43. The minimum absolute atomic E-state index is 0.498. The maximum Gasteiger partial charge on any atom is 0.218 e. The van der Waals surface area contributed by atoms with Crippen LogP contribution in [0, 0.1) is 6.92 Å². The molecule has 0 N–H and O–H groups in total. The molecule has 100 valence electrons. The van der Waals surface area contributed by atoms with Crippen molar-refractivity contribution in [2.75, 3.05) is 19.1 Å². The van der Waals surface area contributed by atoms with Gasteiger partial charge in [0.25, 0.3) is 0 Å². The zero-order valence-corrected chi connectivity index (χ0v) is 12.8. The average Bonchev–Trinajstić information content (AvgIpc) is 2.37. The Hall–Kier alpha value is -0.840. The second-order valence-corrected chi connectivity index (χ2v) is 5.97. The number of aromatic nitrogens is 2. The molecule has 0 radical (unpaired) electrons. The normalized spacial score (nSPS) is 23.8. The highest BCUT2D eigenvalue weighted by Gasteiger charge is 2.27. The third-order valence-corrected chi connectivity index (χ3v) is 4.58. The summed E-state index contributed by atoms with van der Waals surface area (Å²) in [4.78, 5) is 11.5. The molecule has 5 heteroatoms. The Kier molecular flexibility index (Phi) is 4.43. The van der Waals surface area contributed by atoms with Crippen molar-refractivity contribution >= 4 is 21.7 Å². The third kappa shape index (κ3) is 2.94. The second-order valence-electron chi connectivity index (χ2n) is 4.79. The first kappa shape index (κ1) is 13.6. The number of methoxy groups -OCH3 is 1. The Morgan fingerprint density at radius 3 is 2.72 bits per heavy atom. The summed E-state index contributed by atoms with van der Waals surface area (Å²) in [6.07, 6.45) is 5.04. The minimum Gasteiger partial charge on any atom is -0.481 e. The van der Waals surface area contributed by atoms with Crippen LogP contribution in [0.1, 0.15) is 31.5 Å². The molecule has 0 bridgehead atoms. The number of aryl methyl sites for hydroxylation is 1. The van der Waals surface area contributed by atoms with Crippen LogP contribution in [0.25, 0.3) is 0 Å². The molecule has 2 atom stereocenters. The summed E-state index contributed by atoms with van der Waals surface area (Å²) in [5.74, 6) is 2.32. The topological polar surface area (TPSA) is 38.2 Å². The van der Waals surface area contributed by atoms with Gasteiger partial charge in [-0.1, -0.05) is 28.8 Å². The number of ether oxygens (including phenoxy) is 1. The maximum absolute atomic E-state index is 5.21. The summed E-state index contributed by atoms with van der Waals surface area (Å²) in [5.41, 5.74) is 0. The van der Waals surface area contributed by atoms with Gasteiger partial charge >= 0.3 is 0 Å². The van der Waals surface area contributed by atoms with Crippen LogP contribution in [0.5, 0.6) is 5.88 Å². The molecule has 4 nitrogen and oxygen atoms in total. The van der Waals surface area contributed by atoms with Crippen molar-refractivity contribution in [1.29, 1.82) is 0 Å². The van der Waals surface area contributed by atoms with E-state index in [-0.39, 0.29) is 0 Å². The van der Waals surface area contributed by atoms with Crippen molar-refractivity contribution in [2.45, 2.75) is 43.5 Å². The van der Waals surface area contributed by atoms with Gasteiger partial charge in [0.15, 0.2) is 0 Å². The van der Waals surface area contributed by atoms with Gasteiger partial charge in [0.2, 0.25) is 5.88 Å². The third-order valence-electron chi connectivity index (χ3n) is 3.52. The van der Waals surface area contributed by atoms with Gasteiger partial charge in [-0.2, -0.15) is 4.98 Å². The summed E-state index contributed by atoms with van der Waals surface area (Å²) >= 11 is 3.79. The van der Waals surface area contributed by atoms with Crippen LogP contribution in [0.4, 0.5) is 5.82 Å². The van der Waals surface area contributed by atoms with Gasteiger partial charge in [-0.3, -0.25) is 0 Å². The van der Waals surface area contributed by atoms with E-state index in [2.05, 4.69) is 37.8 Å². The second kappa shape index (κ2) is 5.87. The van der Waals surface area contributed by atoms with Crippen LogP contribution in [-0.2, 0) is 0 Å². The lowest BCUT2D eigenvalue weighted by Crippen LogP contribution is -2.41. The molecule has 0 saturated heterocycles. The van der Waals surface area contributed by atoms with E-state index in [1.54, 1.807) is 7.11 Å². The highest BCUT2D eigenvalue weighted by Crippen LogP contribution is 2.30. The van der Waals surface area contributed by atoms with Crippen LogP contribution in [0.15, 0.2) is 6.07 Å². The van der Waals surface area contributed by atoms with Crippen LogP contribution < -0.4 is 9.64 Å². The number of alkyl halides is 1. The lowest BCUT2D eigenvalue weighted by molar-refractivity contribution is 0.394. The van der Waals surface area contributed by atoms with Crippen molar-refractivity contribution in [3.05, 3.63) is 11.9 Å². The molecule has 1 saturated carbocycles. The molecule has 1 aliphatic rings. The van der Waals surface area contributed by atoms with Gasteiger partial charge < -0.3 is 9.64 Å². The molecule has 1 aliphatic carbocycles. The number of nitrogens with zero attached hydrogens (tertiary/aromatic N) is 3. The predicted octanol–water partition coefficient (Wildman–Crippen LogP) is 2.94. The van der Waals surface area contributed by atoms with E-state index < -0.39 is 0 Å². The minimum atomic E-state index is 0.498. The molecule has 18 heavy (non-hydrogen) atoms. The molecule has 0 aromatic carbocycles. The molecule has 1 aromatic heterocycles. The van der Waals surface area contributed by atoms with Crippen molar-refractivity contribution in [2.24, 2.45) is 0 Å². The van der Waals surface area contributed by atoms with Crippen molar-refractivity contribution in [1.82, 2.24) is 9.97 Å². The predicted molar refractivity (Wildman–Crippen MR) is 76.7 cm³/mol. The number of rotatable bonds is 3. The fraction of sp³-hybridized carbons (Fsp3) is 0.692. The molecule has 0 amide bonds. The molecule has 0 aliphatic heterocycles. The zero-order valence-electron chi connectivity index (χ0n) is 11.2. The van der Waals surface area contributed by atoms with Crippen molar-refractivity contribution in [3.63, 3.8) is 0 Å². The van der Waals surface area contributed by atoms with E-state index in [9.17, 15) is 0 Å². The van der Waals surface area contributed by atoms with Gasteiger partial charge in [-0.05, 0) is 19.8 Å². The number of anilines is 1. The van der Waals surface area contributed by atoms with Crippen molar-refractivity contribution in [3.8, 4) is 5.88 Å². The van der Waals surface area contributed by atoms with Crippen LogP contribution in [-0.4, -0.2) is 35.0 Å². The molecule has 2 rings (SSSR count). The highest BCUT2D eigenvalue weighted by atomic mass is 79.9. The summed E-state index contributed by atoms with van der Waals surface area (Å²) in [5, 5.41) is 0. The van der Waals surface area contributed by atoms with Gasteiger partial charge in [0.05, 0.1) is 7.11 Å². The summed E-state index contributed by atoms with van der Waals surface area (Å²) in [7, 11) is 3.74.